The topological polar surface area (TPSA) is 63.5 Å². The van der Waals surface area contributed by atoms with Gasteiger partial charge in [0.25, 0.3) is 0 Å². The Hall–Kier alpha value is -1.39. The summed E-state index contributed by atoms with van der Waals surface area (Å²) < 4.78 is 0. The van der Waals surface area contributed by atoms with Crippen LogP contribution in [0.1, 0.15) is 92.9 Å². The van der Waals surface area contributed by atoms with Gasteiger partial charge in [-0.15, -0.1) is 0 Å². The van der Waals surface area contributed by atoms with Crippen LogP contribution in [0.5, 0.6) is 0 Å². The van der Waals surface area contributed by atoms with Gasteiger partial charge in [0.15, 0.2) is 0 Å². The number of allylic oxidation sites excluding steroid dienone is 2. The largest absolute Gasteiger partial charge is 0.338 e. The van der Waals surface area contributed by atoms with Gasteiger partial charge in [0.2, 0.25) is 11.6 Å². The molecule has 5 heteroatoms. The molecule has 4 rings (SSSR count). The van der Waals surface area contributed by atoms with Crippen LogP contribution >= 0.6 is 0 Å². The summed E-state index contributed by atoms with van der Waals surface area (Å²) in [5.41, 5.74) is 0.740. The van der Waals surface area contributed by atoms with Crippen molar-refractivity contribution in [2.75, 3.05) is 0 Å². The quantitative estimate of drug-likeness (QED) is 0.402. The highest BCUT2D eigenvalue weighted by Gasteiger charge is 2.61. The molecular formula is C26H42N2O3. The molecular weight excluding hydrogens is 388 g/mol. The second kappa shape index (κ2) is 7.88. The maximum absolute atomic E-state index is 13.7. The lowest BCUT2D eigenvalue weighted by atomic mass is 9.45. The van der Waals surface area contributed by atoms with Crippen LogP contribution in [0.3, 0.4) is 0 Å². The van der Waals surface area contributed by atoms with Gasteiger partial charge in [-0.1, -0.05) is 13.8 Å². The first-order valence-electron chi connectivity index (χ1n) is 12.7. The summed E-state index contributed by atoms with van der Waals surface area (Å²) in [7, 11) is 0. The molecule has 4 aliphatic carbocycles. The fourth-order valence-electron chi connectivity index (χ4n) is 8.69. The molecule has 3 unspecified atom stereocenters. The van der Waals surface area contributed by atoms with E-state index in [9.17, 15) is 14.9 Å². The minimum Gasteiger partial charge on any atom is -0.338 e. The molecule has 0 bridgehead atoms. The number of carbonyl (C=O) groups excluding carboxylic acids is 1. The number of nitrogens with zero attached hydrogens (tertiary/aromatic N) is 2. The normalized spacial score (nSPS) is 41.9. The van der Waals surface area contributed by atoms with E-state index in [4.69, 9.17) is 0 Å². The van der Waals surface area contributed by atoms with Crippen molar-refractivity contribution in [3.63, 3.8) is 0 Å². The van der Waals surface area contributed by atoms with Crippen molar-refractivity contribution < 1.29 is 9.72 Å². The molecule has 174 valence electrons. The Balaban J connectivity index is 1.58. The zero-order chi connectivity index (χ0) is 22.7. The van der Waals surface area contributed by atoms with Gasteiger partial charge in [-0.2, -0.15) is 0 Å². The van der Waals surface area contributed by atoms with Crippen molar-refractivity contribution in [1.82, 2.24) is 4.90 Å². The van der Waals surface area contributed by atoms with Crippen molar-refractivity contribution >= 4 is 5.91 Å². The number of hydrogen-bond donors (Lipinski definition) is 0. The summed E-state index contributed by atoms with van der Waals surface area (Å²) in [5, 5.41) is 11.4. The first-order valence-corrected chi connectivity index (χ1v) is 12.7. The predicted octanol–water partition coefficient (Wildman–Crippen LogP) is 6.06. The Bertz CT molecular complexity index is 767. The van der Waals surface area contributed by atoms with Gasteiger partial charge in [-0.25, -0.2) is 0 Å². The number of hydrogen-bond acceptors (Lipinski definition) is 3. The summed E-state index contributed by atoms with van der Waals surface area (Å²) in [6.07, 6.45) is 10.3. The van der Waals surface area contributed by atoms with Gasteiger partial charge in [-0.3, -0.25) is 14.9 Å². The van der Waals surface area contributed by atoms with E-state index in [2.05, 4.69) is 46.4 Å². The fraction of sp³-hybridized carbons (Fsp3) is 0.885. The SMILES string of the molecule is CC(C)N(C(=O)[C@H]1CCC2C3CC[C@H]4C=C([N+](=O)[O-])CC[C@]4(C)C3CC[C@@]21C)C(C)C. The Morgan fingerprint density at radius 1 is 1.00 bits per heavy atom. The second-order valence-corrected chi connectivity index (χ2v) is 12.1. The van der Waals surface area contributed by atoms with Crippen LogP contribution in [0.4, 0.5) is 0 Å². The Morgan fingerprint density at radius 3 is 2.26 bits per heavy atom. The van der Waals surface area contributed by atoms with Gasteiger partial charge in [0.05, 0.1) is 4.92 Å². The Kier molecular flexibility index (Phi) is 5.79. The van der Waals surface area contributed by atoms with E-state index in [0.717, 1.165) is 25.7 Å². The molecule has 0 aromatic carbocycles. The Labute approximate surface area is 188 Å². The zero-order valence-electron chi connectivity index (χ0n) is 20.4. The molecule has 3 fully saturated rings. The van der Waals surface area contributed by atoms with Crippen molar-refractivity contribution in [2.45, 2.75) is 105 Å². The third-order valence-corrected chi connectivity index (χ3v) is 10.2. The molecule has 0 radical (unpaired) electrons. The molecule has 0 aromatic heterocycles. The molecule has 0 spiro atoms. The van der Waals surface area contributed by atoms with Crippen LogP contribution in [-0.4, -0.2) is 27.8 Å². The average Bonchev–Trinajstić information content (AvgIpc) is 3.03. The molecule has 5 nitrogen and oxygen atoms in total. The van der Waals surface area contributed by atoms with Crippen molar-refractivity contribution in [3.8, 4) is 0 Å². The standard InChI is InChI=1S/C26H42N2O3/c1-16(2)27(17(3)4)24(29)23-10-9-21-20-8-7-18-15-19(28(30)31)11-13-25(18,5)22(20)12-14-26(21,23)6/h15-18,20-23H,7-14H2,1-6H3/t18-,20?,21?,22?,23+,25-,26-/m0/s1. The van der Waals surface area contributed by atoms with E-state index in [1.54, 1.807) is 0 Å². The first-order chi connectivity index (χ1) is 14.5. The highest BCUT2D eigenvalue weighted by Crippen LogP contribution is 2.67. The number of fused-ring (bicyclic) bond motifs is 5. The van der Waals surface area contributed by atoms with Gasteiger partial charge in [-0.05, 0) is 113 Å². The fourth-order valence-corrected chi connectivity index (χ4v) is 8.69. The van der Waals surface area contributed by atoms with Crippen LogP contribution in [-0.2, 0) is 4.79 Å². The second-order valence-electron chi connectivity index (χ2n) is 12.1. The third-order valence-electron chi connectivity index (χ3n) is 10.2. The van der Waals surface area contributed by atoms with E-state index in [-0.39, 0.29) is 33.8 Å². The van der Waals surface area contributed by atoms with E-state index in [1.807, 2.05) is 6.08 Å². The minimum atomic E-state index is -0.161. The number of amides is 1. The third kappa shape index (κ3) is 3.45. The lowest BCUT2D eigenvalue weighted by Gasteiger charge is -2.59. The van der Waals surface area contributed by atoms with Crippen LogP contribution in [0.25, 0.3) is 0 Å². The van der Waals surface area contributed by atoms with E-state index in [1.165, 1.54) is 19.3 Å². The lowest BCUT2D eigenvalue weighted by Crippen LogP contribution is -2.54. The molecule has 0 heterocycles. The summed E-state index contributed by atoms with van der Waals surface area (Å²) in [5.74, 6) is 2.83. The summed E-state index contributed by atoms with van der Waals surface area (Å²) in [4.78, 5) is 27.0. The van der Waals surface area contributed by atoms with E-state index < -0.39 is 0 Å². The molecule has 31 heavy (non-hydrogen) atoms. The number of nitro groups is 1. The van der Waals surface area contributed by atoms with Gasteiger partial charge >= 0.3 is 0 Å². The average molecular weight is 431 g/mol. The first kappa shape index (κ1) is 22.8. The van der Waals surface area contributed by atoms with Gasteiger partial charge in [0, 0.05) is 24.4 Å². The highest BCUT2D eigenvalue weighted by atomic mass is 16.6. The van der Waals surface area contributed by atoms with Crippen LogP contribution in [0, 0.1) is 50.5 Å². The van der Waals surface area contributed by atoms with Gasteiger partial charge in [0.1, 0.15) is 0 Å². The molecule has 3 saturated carbocycles. The summed E-state index contributed by atoms with van der Waals surface area (Å²) in [6, 6.07) is 0.483. The number of rotatable bonds is 4. The molecule has 7 atom stereocenters. The van der Waals surface area contributed by atoms with Gasteiger partial charge < -0.3 is 4.90 Å². The maximum atomic E-state index is 13.7. The molecule has 0 aromatic rings. The van der Waals surface area contributed by atoms with E-state index >= 15 is 0 Å². The maximum Gasteiger partial charge on any atom is 0.242 e. The minimum absolute atomic E-state index is 0.111. The number of carbonyl (C=O) groups is 1. The monoisotopic (exact) mass is 430 g/mol. The summed E-state index contributed by atoms with van der Waals surface area (Å²) in [6.45, 7) is 13.4. The van der Waals surface area contributed by atoms with E-state index in [0.29, 0.717) is 41.7 Å². The van der Waals surface area contributed by atoms with Crippen molar-refractivity contribution in [2.24, 2.45) is 40.4 Å². The smallest absolute Gasteiger partial charge is 0.242 e. The lowest BCUT2D eigenvalue weighted by molar-refractivity contribution is -0.430. The Morgan fingerprint density at radius 2 is 1.65 bits per heavy atom. The van der Waals surface area contributed by atoms with Crippen LogP contribution in [0.2, 0.25) is 0 Å². The molecule has 4 aliphatic rings. The molecule has 1 amide bonds. The molecule has 0 aliphatic heterocycles. The summed E-state index contributed by atoms with van der Waals surface area (Å²) >= 11 is 0. The predicted molar refractivity (Wildman–Crippen MR) is 123 cm³/mol. The van der Waals surface area contributed by atoms with Crippen LogP contribution in [0.15, 0.2) is 11.8 Å². The highest BCUT2D eigenvalue weighted by molar-refractivity contribution is 5.80. The molecule has 0 saturated heterocycles. The van der Waals surface area contributed by atoms with Crippen molar-refractivity contribution in [3.05, 3.63) is 21.9 Å². The van der Waals surface area contributed by atoms with Crippen molar-refractivity contribution in [1.29, 1.82) is 0 Å². The zero-order valence-corrected chi connectivity index (χ0v) is 20.4. The van der Waals surface area contributed by atoms with Crippen LogP contribution < -0.4 is 0 Å². The molecule has 0 N–H and O–H groups in total.